The molecule has 1 spiro atoms. The molecule has 0 aromatic heterocycles. The Morgan fingerprint density at radius 1 is 0.895 bits per heavy atom. The highest BCUT2D eigenvalue weighted by atomic mass is 16.5. The molecular formula is C29H36N4O5. The quantitative estimate of drug-likeness (QED) is 0.615. The summed E-state index contributed by atoms with van der Waals surface area (Å²) in [7, 11) is 3.60. The van der Waals surface area contributed by atoms with Gasteiger partial charge in [-0.15, -0.1) is 0 Å². The molecule has 0 bridgehead atoms. The lowest BCUT2D eigenvalue weighted by Gasteiger charge is -2.45. The molecule has 3 saturated heterocycles. The Balaban J connectivity index is 1.41. The van der Waals surface area contributed by atoms with Crippen molar-refractivity contribution in [3.63, 3.8) is 0 Å². The molecule has 3 fully saturated rings. The normalized spacial score (nSPS) is 21.6. The predicted molar refractivity (Wildman–Crippen MR) is 142 cm³/mol. The SMILES string of the molecule is COc1cccc(C(=O)N2[C@@H](C(=O)N3CCN(C)CC3)COC23CCN(C(=O)c2ccccc2C)CC3)c1. The zero-order valence-electron chi connectivity index (χ0n) is 22.4. The second-order valence-electron chi connectivity index (χ2n) is 10.4. The van der Waals surface area contributed by atoms with Gasteiger partial charge in [-0.25, -0.2) is 0 Å². The maximum Gasteiger partial charge on any atom is 0.257 e. The van der Waals surface area contributed by atoms with Crippen molar-refractivity contribution < 1.29 is 23.9 Å². The van der Waals surface area contributed by atoms with Crippen LogP contribution in [0, 0.1) is 6.92 Å². The number of ether oxygens (including phenoxy) is 2. The maximum absolute atomic E-state index is 14.1. The Morgan fingerprint density at radius 2 is 1.61 bits per heavy atom. The number of amides is 3. The van der Waals surface area contributed by atoms with Crippen LogP contribution in [0.3, 0.4) is 0 Å². The minimum atomic E-state index is -0.949. The van der Waals surface area contributed by atoms with E-state index in [1.807, 2.05) is 48.0 Å². The first kappa shape index (κ1) is 26.2. The Morgan fingerprint density at radius 3 is 2.29 bits per heavy atom. The van der Waals surface area contributed by atoms with E-state index < -0.39 is 11.8 Å². The average Bonchev–Trinajstić information content (AvgIpc) is 3.31. The molecule has 2 aromatic rings. The van der Waals surface area contributed by atoms with E-state index in [1.165, 1.54) is 0 Å². The summed E-state index contributed by atoms with van der Waals surface area (Å²) in [6.07, 6.45) is 0.875. The first-order valence-electron chi connectivity index (χ1n) is 13.3. The number of carbonyl (C=O) groups is 3. The molecule has 0 unspecified atom stereocenters. The number of hydrogen-bond acceptors (Lipinski definition) is 6. The fraction of sp³-hybridized carbons (Fsp3) is 0.483. The lowest BCUT2D eigenvalue weighted by Crippen LogP contribution is -2.61. The largest absolute Gasteiger partial charge is 0.497 e. The zero-order chi connectivity index (χ0) is 26.9. The van der Waals surface area contributed by atoms with E-state index in [0.717, 1.165) is 18.7 Å². The molecule has 3 aliphatic rings. The maximum atomic E-state index is 14.1. The molecule has 202 valence electrons. The van der Waals surface area contributed by atoms with Gasteiger partial charge in [0.1, 0.15) is 17.5 Å². The van der Waals surface area contributed by atoms with Gasteiger partial charge in [0.05, 0.1) is 13.7 Å². The third kappa shape index (κ3) is 4.88. The van der Waals surface area contributed by atoms with Crippen molar-refractivity contribution in [1.82, 2.24) is 19.6 Å². The van der Waals surface area contributed by atoms with Crippen LogP contribution in [0.2, 0.25) is 0 Å². The first-order chi connectivity index (χ1) is 18.3. The Bertz CT molecular complexity index is 1200. The Kier molecular flexibility index (Phi) is 7.40. The summed E-state index contributed by atoms with van der Waals surface area (Å²) < 4.78 is 11.7. The lowest BCUT2D eigenvalue weighted by molar-refractivity contribution is -0.139. The molecule has 0 aliphatic carbocycles. The number of likely N-dealkylation sites (N-methyl/N-ethyl adjacent to an activating group) is 1. The molecule has 38 heavy (non-hydrogen) atoms. The van der Waals surface area contributed by atoms with Crippen molar-refractivity contribution in [2.45, 2.75) is 31.5 Å². The predicted octanol–water partition coefficient (Wildman–Crippen LogP) is 2.25. The third-order valence-electron chi connectivity index (χ3n) is 8.10. The fourth-order valence-electron chi connectivity index (χ4n) is 5.73. The van der Waals surface area contributed by atoms with Crippen molar-refractivity contribution in [3.8, 4) is 5.75 Å². The van der Waals surface area contributed by atoms with E-state index in [4.69, 9.17) is 9.47 Å². The van der Waals surface area contributed by atoms with E-state index >= 15 is 0 Å². The molecule has 3 heterocycles. The minimum absolute atomic E-state index is 0.0216. The number of piperazine rings is 1. The van der Waals surface area contributed by atoms with Crippen LogP contribution in [-0.2, 0) is 9.53 Å². The van der Waals surface area contributed by atoms with Crippen LogP contribution in [0.25, 0.3) is 0 Å². The molecule has 0 saturated carbocycles. The van der Waals surface area contributed by atoms with Gasteiger partial charge >= 0.3 is 0 Å². The van der Waals surface area contributed by atoms with Crippen molar-refractivity contribution in [2.75, 3.05) is 60.0 Å². The summed E-state index contributed by atoms with van der Waals surface area (Å²) in [6, 6.07) is 13.9. The van der Waals surface area contributed by atoms with Gasteiger partial charge in [-0.3, -0.25) is 19.3 Å². The van der Waals surface area contributed by atoms with Gasteiger partial charge in [0.2, 0.25) is 5.91 Å². The van der Waals surface area contributed by atoms with Crippen LogP contribution >= 0.6 is 0 Å². The Hall–Kier alpha value is -3.43. The number of rotatable bonds is 4. The van der Waals surface area contributed by atoms with E-state index in [0.29, 0.717) is 55.9 Å². The summed E-state index contributed by atoms with van der Waals surface area (Å²) in [5.41, 5.74) is 1.12. The highest BCUT2D eigenvalue weighted by Gasteiger charge is 2.55. The summed E-state index contributed by atoms with van der Waals surface area (Å²) in [5, 5.41) is 0. The minimum Gasteiger partial charge on any atom is -0.497 e. The van der Waals surface area contributed by atoms with Crippen LogP contribution in [-0.4, -0.2) is 109 Å². The van der Waals surface area contributed by atoms with Gasteiger partial charge in [0, 0.05) is 63.2 Å². The highest BCUT2D eigenvalue weighted by Crippen LogP contribution is 2.39. The van der Waals surface area contributed by atoms with Crippen molar-refractivity contribution in [1.29, 1.82) is 0 Å². The number of methoxy groups -OCH3 is 1. The van der Waals surface area contributed by atoms with Gasteiger partial charge in [-0.05, 0) is 43.8 Å². The van der Waals surface area contributed by atoms with Crippen LogP contribution in [0.1, 0.15) is 39.1 Å². The summed E-state index contributed by atoms with van der Waals surface area (Å²) in [6.45, 7) is 5.79. The number of carbonyl (C=O) groups excluding carboxylic acids is 3. The topological polar surface area (TPSA) is 82.6 Å². The van der Waals surface area contributed by atoms with Gasteiger partial charge < -0.3 is 24.2 Å². The number of likely N-dealkylation sites (tertiary alicyclic amines) is 1. The summed E-state index contributed by atoms with van der Waals surface area (Å²) in [4.78, 5) is 48.6. The molecule has 3 aliphatic heterocycles. The van der Waals surface area contributed by atoms with Gasteiger partial charge in [-0.2, -0.15) is 0 Å². The van der Waals surface area contributed by atoms with E-state index in [9.17, 15) is 14.4 Å². The van der Waals surface area contributed by atoms with Crippen LogP contribution in [0.5, 0.6) is 5.75 Å². The van der Waals surface area contributed by atoms with E-state index in [1.54, 1.807) is 36.3 Å². The monoisotopic (exact) mass is 520 g/mol. The van der Waals surface area contributed by atoms with Crippen LogP contribution in [0.15, 0.2) is 48.5 Å². The lowest BCUT2D eigenvalue weighted by atomic mass is 9.95. The van der Waals surface area contributed by atoms with Crippen LogP contribution < -0.4 is 4.74 Å². The second kappa shape index (κ2) is 10.7. The summed E-state index contributed by atoms with van der Waals surface area (Å²) in [5.74, 6) is 0.217. The number of piperidine rings is 1. The number of aryl methyl sites for hydroxylation is 1. The van der Waals surface area contributed by atoms with E-state index in [-0.39, 0.29) is 24.3 Å². The molecule has 9 heteroatoms. The molecule has 0 N–H and O–H groups in total. The molecule has 9 nitrogen and oxygen atoms in total. The van der Waals surface area contributed by atoms with Crippen LogP contribution in [0.4, 0.5) is 0 Å². The number of hydrogen-bond donors (Lipinski definition) is 0. The van der Waals surface area contributed by atoms with Gasteiger partial charge in [-0.1, -0.05) is 24.3 Å². The van der Waals surface area contributed by atoms with Crippen molar-refractivity contribution >= 4 is 17.7 Å². The number of benzene rings is 2. The third-order valence-corrected chi connectivity index (χ3v) is 8.10. The number of nitrogens with zero attached hydrogens (tertiary/aromatic N) is 4. The standard InChI is InChI=1S/C29H36N4O5/c1-21-7-4-5-10-24(21)27(35)31-13-11-29(12-14-31)33(26(34)22-8-6-9-23(19-22)37-3)25(20-38-29)28(36)32-17-15-30(2)16-18-32/h4-10,19,25H,11-18,20H2,1-3H3/t25-/m1/s1. The average molecular weight is 521 g/mol. The van der Waals surface area contributed by atoms with Gasteiger partial charge in [0.15, 0.2) is 0 Å². The molecule has 5 rings (SSSR count). The highest BCUT2D eigenvalue weighted by molar-refractivity contribution is 5.99. The smallest absolute Gasteiger partial charge is 0.257 e. The molecule has 1 atom stereocenters. The Labute approximate surface area is 223 Å². The fourth-order valence-corrected chi connectivity index (χ4v) is 5.73. The van der Waals surface area contributed by atoms with Gasteiger partial charge in [0.25, 0.3) is 11.8 Å². The molecule has 2 aromatic carbocycles. The van der Waals surface area contributed by atoms with Crippen molar-refractivity contribution in [3.05, 3.63) is 65.2 Å². The second-order valence-corrected chi connectivity index (χ2v) is 10.4. The van der Waals surface area contributed by atoms with E-state index in [2.05, 4.69) is 4.90 Å². The first-order valence-corrected chi connectivity index (χ1v) is 13.3. The summed E-state index contributed by atoms with van der Waals surface area (Å²) >= 11 is 0. The van der Waals surface area contributed by atoms with Crippen molar-refractivity contribution in [2.24, 2.45) is 0 Å². The molecule has 3 amide bonds. The zero-order valence-corrected chi connectivity index (χ0v) is 22.4. The molecular weight excluding hydrogens is 484 g/mol. The molecule has 0 radical (unpaired) electrons.